The van der Waals surface area contributed by atoms with Crippen molar-refractivity contribution in [2.24, 2.45) is 21.5 Å². The Labute approximate surface area is 126 Å². The second kappa shape index (κ2) is 7.16. The van der Waals surface area contributed by atoms with Gasteiger partial charge in [0.15, 0.2) is 5.96 Å². The number of benzene rings is 1. The maximum absolute atomic E-state index is 5.83. The first-order chi connectivity index (χ1) is 8.65. The Morgan fingerprint density at radius 3 is 2.26 bits per heavy atom. The second-order valence-corrected chi connectivity index (χ2v) is 4.71. The lowest BCUT2D eigenvalue weighted by Gasteiger charge is -2.15. The molecular weight excluding hydrogens is 330 g/mol. The molecule has 19 heavy (non-hydrogen) atoms. The van der Waals surface area contributed by atoms with Gasteiger partial charge in [-0.25, -0.2) is 4.99 Å². The molecule has 0 saturated heterocycles. The number of hydrogen-bond acceptors (Lipinski definition) is 1. The molecule has 0 bridgehead atoms. The van der Waals surface area contributed by atoms with E-state index in [0.29, 0.717) is 5.96 Å². The predicted molar refractivity (Wildman–Crippen MR) is 85.0 cm³/mol. The van der Waals surface area contributed by atoms with E-state index in [9.17, 15) is 0 Å². The van der Waals surface area contributed by atoms with Crippen molar-refractivity contribution in [3.8, 4) is 0 Å². The molecule has 4 N–H and O–H groups in total. The summed E-state index contributed by atoms with van der Waals surface area (Å²) >= 11 is 3.36. The SMILES string of the molecule is Cl.NC(=Nc1ccc(Br)cc1)N=C(N)N1CC=CC1. The maximum atomic E-state index is 5.83. The van der Waals surface area contributed by atoms with Crippen LogP contribution >= 0.6 is 28.3 Å². The highest BCUT2D eigenvalue weighted by Gasteiger charge is 2.08. The van der Waals surface area contributed by atoms with Gasteiger partial charge >= 0.3 is 0 Å². The molecule has 0 spiro atoms. The number of aliphatic imine (C=N–C) groups is 2. The van der Waals surface area contributed by atoms with Gasteiger partial charge in [0.2, 0.25) is 5.96 Å². The van der Waals surface area contributed by atoms with Gasteiger partial charge < -0.3 is 16.4 Å². The van der Waals surface area contributed by atoms with Crippen LogP contribution < -0.4 is 11.5 Å². The molecule has 0 amide bonds. The molecule has 102 valence electrons. The van der Waals surface area contributed by atoms with Crippen LogP contribution in [0.4, 0.5) is 5.69 Å². The molecule has 0 atom stereocenters. The first-order valence-electron chi connectivity index (χ1n) is 5.49. The minimum atomic E-state index is 0. The number of rotatable bonds is 1. The molecule has 7 heteroatoms. The van der Waals surface area contributed by atoms with E-state index in [1.54, 1.807) is 0 Å². The highest BCUT2D eigenvalue weighted by Crippen LogP contribution is 2.16. The zero-order valence-corrected chi connectivity index (χ0v) is 12.6. The Balaban J connectivity index is 0.00000180. The summed E-state index contributed by atoms with van der Waals surface area (Å²) in [4.78, 5) is 10.2. The third-order valence-corrected chi connectivity index (χ3v) is 2.97. The molecule has 0 aliphatic carbocycles. The Morgan fingerprint density at radius 2 is 1.68 bits per heavy atom. The van der Waals surface area contributed by atoms with Gasteiger partial charge in [-0.3, -0.25) is 0 Å². The Kier molecular flexibility index (Phi) is 5.85. The summed E-state index contributed by atoms with van der Waals surface area (Å²) in [6.07, 6.45) is 4.06. The van der Waals surface area contributed by atoms with E-state index in [2.05, 4.69) is 25.9 Å². The zero-order valence-electron chi connectivity index (χ0n) is 10.2. The molecule has 0 aromatic heterocycles. The molecule has 1 aliphatic heterocycles. The number of nitrogens with two attached hydrogens (primary N) is 2. The molecule has 0 saturated carbocycles. The van der Waals surface area contributed by atoms with Crippen LogP contribution in [0, 0.1) is 0 Å². The van der Waals surface area contributed by atoms with Gasteiger partial charge in [-0.05, 0) is 24.3 Å². The number of guanidine groups is 2. The molecule has 1 aromatic rings. The van der Waals surface area contributed by atoms with Gasteiger partial charge in [0.05, 0.1) is 5.69 Å². The molecule has 0 unspecified atom stereocenters. The smallest absolute Gasteiger partial charge is 0.223 e. The maximum Gasteiger partial charge on any atom is 0.223 e. The minimum absolute atomic E-state index is 0. The molecule has 0 fully saturated rings. The fourth-order valence-corrected chi connectivity index (χ4v) is 1.79. The van der Waals surface area contributed by atoms with Crippen LogP contribution in [0.3, 0.4) is 0 Å². The average molecular weight is 345 g/mol. The Bertz CT molecular complexity index is 501. The normalized spacial score (nSPS) is 15.5. The quantitative estimate of drug-likeness (QED) is 0.464. The monoisotopic (exact) mass is 343 g/mol. The lowest BCUT2D eigenvalue weighted by molar-refractivity contribution is 0.534. The lowest BCUT2D eigenvalue weighted by Crippen LogP contribution is -2.36. The zero-order chi connectivity index (χ0) is 13.0. The van der Waals surface area contributed by atoms with Crippen molar-refractivity contribution in [3.63, 3.8) is 0 Å². The van der Waals surface area contributed by atoms with E-state index in [0.717, 1.165) is 23.2 Å². The van der Waals surface area contributed by atoms with Crippen LogP contribution in [0.15, 0.2) is 50.9 Å². The topological polar surface area (TPSA) is 80.0 Å². The van der Waals surface area contributed by atoms with Gasteiger partial charge in [0.1, 0.15) is 0 Å². The molecule has 1 aliphatic rings. The lowest BCUT2D eigenvalue weighted by atomic mass is 10.3. The summed E-state index contributed by atoms with van der Waals surface area (Å²) in [7, 11) is 0. The van der Waals surface area contributed by atoms with Gasteiger partial charge in [0.25, 0.3) is 0 Å². The van der Waals surface area contributed by atoms with Crippen molar-refractivity contribution >= 4 is 45.9 Å². The summed E-state index contributed by atoms with van der Waals surface area (Å²) in [5, 5.41) is 0. The highest BCUT2D eigenvalue weighted by atomic mass is 79.9. The average Bonchev–Trinajstić information content (AvgIpc) is 2.85. The molecule has 0 radical (unpaired) electrons. The summed E-state index contributed by atoms with van der Waals surface area (Å²) in [5.41, 5.74) is 12.3. The largest absolute Gasteiger partial charge is 0.369 e. The minimum Gasteiger partial charge on any atom is -0.369 e. The van der Waals surface area contributed by atoms with Crippen LogP contribution in [0.25, 0.3) is 0 Å². The van der Waals surface area contributed by atoms with Crippen LogP contribution in [0.2, 0.25) is 0 Å². The number of nitrogens with zero attached hydrogens (tertiary/aromatic N) is 3. The third-order valence-electron chi connectivity index (χ3n) is 2.44. The second-order valence-electron chi connectivity index (χ2n) is 3.79. The van der Waals surface area contributed by atoms with Crippen LogP contribution in [-0.4, -0.2) is 29.9 Å². The molecule has 1 aromatic carbocycles. The Morgan fingerprint density at radius 1 is 1.11 bits per heavy atom. The third kappa shape index (κ3) is 4.57. The van der Waals surface area contributed by atoms with E-state index < -0.39 is 0 Å². The standard InChI is InChI=1S/C12H14BrN5.ClH/c13-9-3-5-10(6-4-9)16-11(14)17-12(15)18-7-1-2-8-18;/h1-6H,7-8H2,(H4,14,15,16,17);1H. The van der Waals surface area contributed by atoms with Crippen molar-refractivity contribution in [1.29, 1.82) is 0 Å². The molecular formula is C12H15BrClN5. The van der Waals surface area contributed by atoms with E-state index in [-0.39, 0.29) is 18.4 Å². The van der Waals surface area contributed by atoms with E-state index in [1.807, 2.05) is 41.3 Å². The summed E-state index contributed by atoms with van der Waals surface area (Å²) in [5.74, 6) is 0.542. The summed E-state index contributed by atoms with van der Waals surface area (Å²) in [6, 6.07) is 7.48. The van der Waals surface area contributed by atoms with Gasteiger partial charge in [-0.2, -0.15) is 4.99 Å². The summed E-state index contributed by atoms with van der Waals surface area (Å²) in [6.45, 7) is 1.53. The van der Waals surface area contributed by atoms with Crippen molar-refractivity contribution in [2.45, 2.75) is 0 Å². The predicted octanol–water partition coefficient (Wildman–Crippen LogP) is 2.00. The van der Waals surface area contributed by atoms with Gasteiger partial charge in [-0.1, -0.05) is 28.1 Å². The molecule has 5 nitrogen and oxygen atoms in total. The van der Waals surface area contributed by atoms with E-state index in [4.69, 9.17) is 11.5 Å². The van der Waals surface area contributed by atoms with Crippen LogP contribution in [0.5, 0.6) is 0 Å². The van der Waals surface area contributed by atoms with E-state index >= 15 is 0 Å². The van der Waals surface area contributed by atoms with Crippen molar-refractivity contribution in [2.75, 3.05) is 13.1 Å². The van der Waals surface area contributed by atoms with Gasteiger partial charge in [0, 0.05) is 17.6 Å². The van der Waals surface area contributed by atoms with E-state index in [1.165, 1.54) is 0 Å². The molecule has 2 rings (SSSR count). The fraction of sp³-hybridized carbons (Fsp3) is 0.167. The van der Waals surface area contributed by atoms with Crippen LogP contribution in [-0.2, 0) is 0 Å². The van der Waals surface area contributed by atoms with Crippen molar-refractivity contribution < 1.29 is 0 Å². The van der Waals surface area contributed by atoms with Crippen LogP contribution in [0.1, 0.15) is 0 Å². The number of halogens is 2. The summed E-state index contributed by atoms with van der Waals surface area (Å²) < 4.78 is 0.992. The number of hydrogen-bond donors (Lipinski definition) is 2. The highest BCUT2D eigenvalue weighted by molar-refractivity contribution is 9.10. The molecule has 1 heterocycles. The van der Waals surface area contributed by atoms with Crippen molar-refractivity contribution in [3.05, 3.63) is 40.9 Å². The Hall–Kier alpha value is -1.53. The van der Waals surface area contributed by atoms with Gasteiger partial charge in [-0.15, -0.1) is 12.4 Å². The first kappa shape index (κ1) is 15.5. The fourth-order valence-electron chi connectivity index (χ4n) is 1.53. The van der Waals surface area contributed by atoms with Crippen molar-refractivity contribution in [1.82, 2.24) is 4.90 Å². The first-order valence-corrected chi connectivity index (χ1v) is 6.28.